The molecule has 3 amide bonds. The van der Waals surface area contributed by atoms with E-state index in [1.165, 1.54) is 16.0 Å². The summed E-state index contributed by atoms with van der Waals surface area (Å²) in [5.74, 6) is -0.657. The molecule has 0 aliphatic carbocycles. The van der Waals surface area contributed by atoms with Crippen LogP contribution in [0, 0.1) is 0 Å². The molecule has 0 saturated carbocycles. The number of anilines is 1. The Morgan fingerprint density at radius 2 is 1.36 bits per heavy atom. The largest absolute Gasteiger partial charge is 0.354 e. The summed E-state index contributed by atoms with van der Waals surface area (Å²) < 4.78 is 0. The fourth-order valence-electron chi connectivity index (χ4n) is 4.17. The summed E-state index contributed by atoms with van der Waals surface area (Å²) in [5, 5.41) is 8.42. The third kappa shape index (κ3) is 10.7. The summed E-state index contributed by atoms with van der Waals surface area (Å²) in [4.78, 5) is 37.9. The SMILES string of the molecule is C[C@@H](N)C(=O)N[C@H](C)C(=O)NCCc1ccc(NC(=O)C[NH+](CCc2ccccc2)Cc2ccccc2)cc1. The fourth-order valence-corrected chi connectivity index (χ4v) is 4.17. The number of quaternary nitrogens is 1. The molecule has 0 fully saturated rings. The summed E-state index contributed by atoms with van der Waals surface area (Å²) in [5.41, 5.74) is 9.76. The topological polar surface area (TPSA) is 118 Å². The molecular weight excluding hydrogens is 490 g/mol. The Labute approximate surface area is 231 Å². The average Bonchev–Trinajstić information content (AvgIpc) is 2.93. The number of amides is 3. The molecule has 3 aromatic carbocycles. The number of carbonyl (C=O) groups is 3. The number of hydrogen-bond acceptors (Lipinski definition) is 4. The van der Waals surface area contributed by atoms with E-state index < -0.39 is 12.1 Å². The van der Waals surface area contributed by atoms with Gasteiger partial charge in [0.2, 0.25) is 11.8 Å². The van der Waals surface area contributed by atoms with Crippen LogP contribution in [0.1, 0.15) is 30.5 Å². The van der Waals surface area contributed by atoms with Gasteiger partial charge in [0.25, 0.3) is 5.91 Å². The van der Waals surface area contributed by atoms with E-state index in [0.29, 0.717) is 19.5 Å². The van der Waals surface area contributed by atoms with Gasteiger partial charge in [-0.1, -0.05) is 72.8 Å². The molecule has 39 heavy (non-hydrogen) atoms. The maximum Gasteiger partial charge on any atom is 0.279 e. The van der Waals surface area contributed by atoms with E-state index >= 15 is 0 Å². The number of nitrogens with one attached hydrogen (secondary N) is 4. The summed E-state index contributed by atoms with van der Waals surface area (Å²) in [6.45, 7) is 5.62. The zero-order chi connectivity index (χ0) is 28.0. The highest BCUT2D eigenvalue weighted by atomic mass is 16.2. The molecule has 6 N–H and O–H groups in total. The van der Waals surface area contributed by atoms with Crippen molar-refractivity contribution in [3.63, 3.8) is 0 Å². The summed E-state index contributed by atoms with van der Waals surface area (Å²) in [6, 6.07) is 26.9. The molecule has 1 unspecified atom stereocenters. The monoisotopic (exact) mass is 530 g/mol. The number of rotatable bonds is 14. The summed E-state index contributed by atoms with van der Waals surface area (Å²) in [6.07, 6.45) is 1.53. The van der Waals surface area contributed by atoms with E-state index in [2.05, 4.69) is 40.2 Å². The third-order valence-electron chi connectivity index (χ3n) is 6.43. The van der Waals surface area contributed by atoms with Crippen molar-refractivity contribution in [2.24, 2.45) is 5.73 Å². The van der Waals surface area contributed by atoms with Gasteiger partial charge in [0.1, 0.15) is 12.6 Å². The third-order valence-corrected chi connectivity index (χ3v) is 6.43. The van der Waals surface area contributed by atoms with Gasteiger partial charge in [-0.05, 0) is 43.5 Å². The van der Waals surface area contributed by atoms with Crippen molar-refractivity contribution in [3.05, 3.63) is 102 Å². The van der Waals surface area contributed by atoms with E-state index in [0.717, 1.165) is 30.8 Å². The van der Waals surface area contributed by atoms with Gasteiger partial charge < -0.3 is 26.6 Å². The molecule has 3 atom stereocenters. The van der Waals surface area contributed by atoms with Crippen LogP contribution in [0.4, 0.5) is 5.69 Å². The van der Waals surface area contributed by atoms with Gasteiger partial charge in [-0.25, -0.2) is 0 Å². The lowest BCUT2D eigenvalue weighted by Crippen LogP contribution is -3.12. The van der Waals surface area contributed by atoms with Crippen molar-refractivity contribution in [3.8, 4) is 0 Å². The van der Waals surface area contributed by atoms with Gasteiger partial charge >= 0.3 is 0 Å². The van der Waals surface area contributed by atoms with Crippen LogP contribution in [0.2, 0.25) is 0 Å². The second kappa shape index (κ2) is 15.4. The first-order valence-electron chi connectivity index (χ1n) is 13.4. The Bertz CT molecular complexity index is 1180. The van der Waals surface area contributed by atoms with Crippen molar-refractivity contribution >= 4 is 23.4 Å². The number of nitrogens with two attached hydrogens (primary N) is 1. The zero-order valence-corrected chi connectivity index (χ0v) is 22.8. The minimum atomic E-state index is -0.665. The highest BCUT2D eigenvalue weighted by Gasteiger charge is 2.17. The highest BCUT2D eigenvalue weighted by Crippen LogP contribution is 2.10. The minimum absolute atomic E-state index is 0.0307. The van der Waals surface area contributed by atoms with E-state index in [9.17, 15) is 14.4 Å². The molecule has 0 saturated heterocycles. The van der Waals surface area contributed by atoms with Crippen LogP contribution in [0.15, 0.2) is 84.9 Å². The van der Waals surface area contributed by atoms with Gasteiger partial charge in [-0.2, -0.15) is 0 Å². The first-order chi connectivity index (χ1) is 18.8. The second-order valence-corrected chi connectivity index (χ2v) is 9.88. The fraction of sp³-hybridized carbons (Fsp3) is 0.323. The van der Waals surface area contributed by atoms with Crippen LogP contribution in [-0.2, 0) is 33.8 Å². The van der Waals surface area contributed by atoms with E-state index in [1.807, 2.05) is 60.7 Å². The Hall–Kier alpha value is -4.01. The van der Waals surface area contributed by atoms with E-state index in [-0.39, 0.29) is 17.7 Å². The number of benzene rings is 3. The number of hydrogen-bond donors (Lipinski definition) is 5. The minimum Gasteiger partial charge on any atom is -0.354 e. The van der Waals surface area contributed by atoms with E-state index in [1.54, 1.807) is 13.8 Å². The molecule has 206 valence electrons. The molecule has 0 bridgehead atoms. The van der Waals surface area contributed by atoms with Crippen molar-refractivity contribution in [1.29, 1.82) is 0 Å². The van der Waals surface area contributed by atoms with E-state index in [4.69, 9.17) is 5.73 Å². The predicted octanol–water partition coefficient (Wildman–Crippen LogP) is 1.46. The Balaban J connectivity index is 1.47. The van der Waals surface area contributed by atoms with Crippen LogP contribution >= 0.6 is 0 Å². The van der Waals surface area contributed by atoms with Crippen LogP contribution in [-0.4, -0.2) is 49.4 Å². The lowest BCUT2D eigenvalue weighted by atomic mass is 10.1. The maximum atomic E-state index is 12.9. The first kappa shape index (κ1) is 29.5. The van der Waals surface area contributed by atoms with Crippen LogP contribution < -0.4 is 26.6 Å². The van der Waals surface area contributed by atoms with Gasteiger partial charge in [-0.15, -0.1) is 0 Å². The summed E-state index contributed by atoms with van der Waals surface area (Å²) >= 11 is 0. The molecule has 0 aliphatic heterocycles. The van der Waals surface area contributed by atoms with Crippen molar-refractivity contribution < 1.29 is 19.3 Å². The zero-order valence-electron chi connectivity index (χ0n) is 22.8. The number of carbonyl (C=O) groups excluding carboxylic acids is 3. The Morgan fingerprint density at radius 3 is 1.97 bits per heavy atom. The summed E-state index contributed by atoms with van der Waals surface area (Å²) in [7, 11) is 0. The molecule has 3 rings (SSSR count). The molecule has 0 spiro atoms. The quantitative estimate of drug-likeness (QED) is 0.217. The average molecular weight is 531 g/mol. The molecule has 0 aliphatic rings. The molecule has 0 radical (unpaired) electrons. The standard InChI is InChI=1S/C31H39N5O3/c1-23(32)30(38)34-24(2)31(39)33-19-17-26-13-15-28(16-14-26)35-29(37)22-36(21-27-11-7-4-8-12-27)20-18-25-9-5-3-6-10-25/h3-16,23-24H,17-22,32H2,1-2H3,(H,33,39)(H,34,38)(H,35,37)/p+1/t23-,24-/m1/s1. The van der Waals surface area contributed by atoms with Gasteiger partial charge in [-0.3, -0.25) is 14.4 Å². The first-order valence-corrected chi connectivity index (χ1v) is 13.4. The van der Waals surface area contributed by atoms with Crippen LogP contribution in [0.25, 0.3) is 0 Å². The smallest absolute Gasteiger partial charge is 0.279 e. The molecular formula is C31H40N5O3+. The van der Waals surface area contributed by atoms with Crippen molar-refractivity contribution in [2.75, 3.05) is 25.0 Å². The molecule has 3 aromatic rings. The molecule has 0 heterocycles. The lowest BCUT2D eigenvalue weighted by molar-refractivity contribution is -0.905. The predicted molar refractivity (Wildman–Crippen MR) is 154 cm³/mol. The van der Waals surface area contributed by atoms with Gasteiger partial charge in [0, 0.05) is 24.2 Å². The Morgan fingerprint density at radius 1 is 0.769 bits per heavy atom. The molecule has 8 heteroatoms. The highest BCUT2D eigenvalue weighted by molar-refractivity contribution is 5.91. The normalized spacial score (nSPS) is 13.1. The van der Waals surface area contributed by atoms with Crippen LogP contribution in [0.5, 0.6) is 0 Å². The van der Waals surface area contributed by atoms with Crippen LogP contribution in [0.3, 0.4) is 0 Å². The van der Waals surface area contributed by atoms with Crippen molar-refractivity contribution in [2.45, 2.75) is 45.3 Å². The second-order valence-electron chi connectivity index (χ2n) is 9.88. The molecule has 8 nitrogen and oxygen atoms in total. The maximum absolute atomic E-state index is 12.9. The molecule has 0 aromatic heterocycles. The Kier molecular flexibility index (Phi) is 11.7. The lowest BCUT2D eigenvalue weighted by Gasteiger charge is -2.19. The van der Waals surface area contributed by atoms with Gasteiger partial charge in [0.15, 0.2) is 6.54 Å². The van der Waals surface area contributed by atoms with Crippen molar-refractivity contribution in [1.82, 2.24) is 10.6 Å². The van der Waals surface area contributed by atoms with Gasteiger partial charge in [0.05, 0.1) is 12.6 Å².